The predicted molar refractivity (Wildman–Crippen MR) is 96.9 cm³/mol. The summed E-state index contributed by atoms with van der Waals surface area (Å²) in [6, 6.07) is 3.67. The van der Waals surface area contributed by atoms with Crippen LogP contribution in [0.2, 0.25) is 0 Å². The Morgan fingerprint density at radius 3 is 2.26 bits per heavy atom. The molecule has 1 aromatic carbocycles. The molecule has 27 heavy (non-hydrogen) atoms. The fourth-order valence-corrected chi connectivity index (χ4v) is 4.57. The molecule has 2 rings (SSSR count). The summed E-state index contributed by atoms with van der Waals surface area (Å²) in [7, 11) is -3.74. The van der Waals surface area contributed by atoms with E-state index in [1.54, 1.807) is 0 Å². The van der Waals surface area contributed by atoms with Gasteiger partial charge in [0, 0.05) is 19.0 Å². The molecule has 2 N–H and O–H groups in total. The minimum Gasteiger partial charge on any atom is -0.480 e. The van der Waals surface area contributed by atoms with Gasteiger partial charge in [0.1, 0.15) is 11.9 Å². The van der Waals surface area contributed by atoms with Gasteiger partial charge < -0.3 is 10.4 Å². The van der Waals surface area contributed by atoms with Crippen LogP contribution in [0.4, 0.5) is 4.39 Å². The summed E-state index contributed by atoms with van der Waals surface area (Å²) in [5.41, 5.74) is 0. The van der Waals surface area contributed by atoms with Crippen molar-refractivity contribution in [2.24, 2.45) is 11.8 Å². The van der Waals surface area contributed by atoms with E-state index in [2.05, 4.69) is 5.32 Å². The molecule has 1 saturated heterocycles. The average molecular weight is 400 g/mol. The highest BCUT2D eigenvalue weighted by atomic mass is 32.2. The van der Waals surface area contributed by atoms with Crippen molar-refractivity contribution in [3.05, 3.63) is 30.1 Å². The summed E-state index contributed by atoms with van der Waals surface area (Å²) >= 11 is 0. The first-order valence-corrected chi connectivity index (χ1v) is 10.3. The summed E-state index contributed by atoms with van der Waals surface area (Å²) in [6.07, 6.45) is 0.944. The molecule has 0 spiro atoms. The lowest BCUT2D eigenvalue weighted by atomic mass is 9.96. The first kappa shape index (κ1) is 21.3. The first-order chi connectivity index (χ1) is 12.6. The van der Waals surface area contributed by atoms with E-state index in [4.69, 9.17) is 0 Å². The number of aliphatic carboxylic acids is 1. The van der Waals surface area contributed by atoms with E-state index in [-0.39, 0.29) is 29.8 Å². The Morgan fingerprint density at radius 1 is 1.22 bits per heavy atom. The topological polar surface area (TPSA) is 104 Å². The van der Waals surface area contributed by atoms with Crippen LogP contribution in [0.1, 0.15) is 33.1 Å². The van der Waals surface area contributed by atoms with Crippen molar-refractivity contribution in [2.45, 2.75) is 44.0 Å². The zero-order chi connectivity index (χ0) is 20.2. The standard InChI is InChI=1S/C18H25FN2O5S/c1-12(2)11-16(18(23)24)20-17(22)13-7-9-21(10-8-13)27(25,26)15-5-3-14(19)4-6-15/h3-6,12-13,16H,7-11H2,1-2H3,(H,20,22)(H,23,24)/t16-/m0/s1. The van der Waals surface area contributed by atoms with Crippen molar-refractivity contribution in [3.8, 4) is 0 Å². The number of carboxylic acid groups (broad SMARTS) is 1. The van der Waals surface area contributed by atoms with Gasteiger partial charge >= 0.3 is 5.97 Å². The van der Waals surface area contributed by atoms with Gasteiger partial charge in [-0.15, -0.1) is 0 Å². The zero-order valence-corrected chi connectivity index (χ0v) is 16.2. The lowest BCUT2D eigenvalue weighted by Crippen LogP contribution is -2.47. The molecule has 0 aromatic heterocycles. The molecule has 7 nitrogen and oxygen atoms in total. The number of hydrogen-bond donors (Lipinski definition) is 2. The number of halogens is 1. The van der Waals surface area contributed by atoms with Crippen molar-refractivity contribution in [3.63, 3.8) is 0 Å². The van der Waals surface area contributed by atoms with E-state index >= 15 is 0 Å². The average Bonchev–Trinajstić information content (AvgIpc) is 2.61. The van der Waals surface area contributed by atoms with Crippen LogP contribution in [0.25, 0.3) is 0 Å². The monoisotopic (exact) mass is 400 g/mol. The first-order valence-electron chi connectivity index (χ1n) is 8.90. The SMILES string of the molecule is CC(C)C[C@H](NC(=O)C1CCN(S(=O)(=O)c2ccc(F)cc2)CC1)C(=O)O. The van der Waals surface area contributed by atoms with Crippen LogP contribution in [0.3, 0.4) is 0 Å². The second-order valence-electron chi connectivity index (χ2n) is 7.16. The summed E-state index contributed by atoms with van der Waals surface area (Å²) in [5.74, 6) is -2.26. The molecule has 150 valence electrons. The number of sulfonamides is 1. The number of hydrogen-bond acceptors (Lipinski definition) is 4. The van der Waals surface area contributed by atoms with Gasteiger partial charge in [0.2, 0.25) is 15.9 Å². The minimum absolute atomic E-state index is 0.00896. The third-order valence-electron chi connectivity index (χ3n) is 4.60. The van der Waals surface area contributed by atoms with Crippen molar-refractivity contribution < 1.29 is 27.5 Å². The van der Waals surface area contributed by atoms with Gasteiger partial charge in [-0.05, 0) is 49.4 Å². The Balaban J connectivity index is 1.96. The summed E-state index contributed by atoms with van der Waals surface area (Å²) in [5, 5.41) is 11.8. The van der Waals surface area contributed by atoms with E-state index in [0.717, 1.165) is 12.1 Å². The molecule has 1 aliphatic rings. The van der Waals surface area contributed by atoms with E-state index in [1.807, 2.05) is 13.8 Å². The summed E-state index contributed by atoms with van der Waals surface area (Å²) in [6.45, 7) is 4.06. The van der Waals surface area contributed by atoms with Gasteiger partial charge in [0.05, 0.1) is 4.90 Å². The van der Waals surface area contributed by atoms with Crippen molar-refractivity contribution in [1.29, 1.82) is 0 Å². The minimum atomic E-state index is -3.74. The molecule has 0 radical (unpaired) electrons. The number of nitrogens with one attached hydrogen (secondary N) is 1. The van der Waals surface area contributed by atoms with Gasteiger partial charge in [0.15, 0.2) is 0 Å². The maximum absolute atomic E-state index is 13.0. The Morgan fingerprint density at radius 2 is 1.78 bits per heavy atom. The number of carboxylic acids is 1. The third kappa shape index (κ3) is 5.49. The quantitative estimate of drug-likeness (QED) is 0.727. The van der Waals surface area contributed by atoms with Crippen molar-refractivity contribution in [1.82, 2.24) is 9.62 Å². The van der Waals surface area contributed by atoms with E-state index in [1.165, 1.54) is 16.4 Å². The van der Waals surface area contributed by atoms with Gasteiger partial charge in [-0.2, -0.15) is 4.31 Å². The highest BCUT2D eigenvalue weighted by molar-refractivity contribution is 7.89. The molecule has 1 heterocycles. The van der Waals surface area contributed by atoms with Gasteiger partial charge in [-0.25, -0.2) is 17.6 Å². The number of nitrogens with zero attached hydrogens (tertiary/aromatic N) is 1. The van der Waals surface area contributed by atoms with Crippen LogP contribution in [-0.2, 0) is 19.6 Å². The van der Waals surface area contributed by atoms with Crippen LogP contribution in [0.15, 0.2) is 29.2 Å². The number of carbonyl (C=O) groups is 2. The molecular weight excluding hydrogens is 375 g/mol. The highest BCUT2D eigenvalue weighted by Gasteiger charge is 2.33. The number of amides is 1. The molecule has 9 heteroatoms. The lowest BCUT2D eigenvalue weighted by molar-refractivity contribution is -0.143. The van der Waals surface area contributed by atoms with Crippen LogP contribution in [0, 0.1) is 17.7 Å². The molecule has 1 aromatic rings. The predicted octanol–water partition coefficient (Wildman–Crippen LogP) is 1.84. The largest absolute Gasteiger partial charge is 0.480 e. The molecule has 0 aliphatic carbocycles. The van der Waals surface area contributed by atoms with Crippen LogP contribution in [-0.4, -0.2) is 48.8 Å². The molecule has 1 aliphatic heterocycles. The zero-order valence-electron chi connectivity index (χ0n) is 15.4. The number of piperidine rings is 1. The Bertz CT molecular complexity index is 771. The Kier molecular flexibility index (Phi) is 6.94. The van der Waals surface area contributed by atoms with E-state index in [9.17, 15) is 27.5 Å². The van der Waals surface area contributed by atoms with Gasteiger partial charge in [-0.1, -0.05) is 13.8 Å². The number of benzene rings is 1. The number of rotatable bonds is 7. The molecular formula is C18H25FN2O5S. The van der Waals surface area contributed by atoms with Gasteiger partial charge in [0.25, 0.3) is 0 Å². The second kappa shape index (κ2) is 8.79. The second-order valence-corrected chi connectivity index (χ2v) is 9.10. The molecule has 0 saturated carbocycles. The fraction of sp³-hybridized carbons (Fsp3) is 0.556. The van der Waals surface area contributed by atoms with Crippen molar-refractivity contribution >= 4 is 21.9 Å². The Labute approximate surface area is 158 Å². The van der Waals surface area contributed by atoms with Crippen LogP contribution < -0.4 is 5.32 Å². The Hall–Kier alpha value is -2.00. The van der Waals surface area contributed by atoms with E-state index in [0.29, 0.717) is 19.3 Å². The van der Waals surface area contributed by atoms with Crippen molar-refractivity contribution in [2.75, 3.05) is 13.1 Å². The van der Waals surface area contributed by atoms with Crippen LogP contribution in [0.5, 0.6) is 0 Å². The maximum Gasteiger partial charge on any atom is 0.326 e. The number of carbonyl (C=O) groups excluding carboxylic acids is 1. The summed E-state index contributed by atoms with van der Waals surface area (Å²) in [4.78, 5) is 23.7. The third-order valence-corrected chi connectivity index (χ3v) is 6.51. The van der Waals surface area contributed by atoms with Gasteiger partial charge in [-0.3, -0.25) is 4.79 Å². The highest BCUT2D eigenvalue weighted by Crippen LogP contribution is 2.24. The van der Waals surface area contributed by atoms with E-state index < -0.39 is 33.8 Å². The molecule has 1 atom stereocenters. The normalized spacial score (nSPS) is 17.6. The molecule has 1 amide bonds. The fourth-order valence-electron chi connectivity index (χ4n) is 3.10. The molecule has 0 unspecified atom stereocenters. The molecule has 0 bridgehead atoms. The molecule has 1 fully saturated rings. The summed E-state index contributed by atoms with van der Waals surface area (Å²) < 4.78 is 39.5. The maximum atomic E-state index is 13.0. The smallest absolute Gasteiger partial charge is 0.326 e. The lowest BCUT2D eigenvalue weighted by Gasteiger charge is -2.31. The van der Waals surface area contributed by atoms with Crippen LogP contribution >= 0.6 is 0 Å².